The van der Waals surface area contributed by atoms with Gasteiger partial charge in [-0.2, -0.15) is 0 Å². The average molecular weight is 306 g/mol. The van der Waals surface area contributed by atoms with Gasteiger partial charge in [0, 0.05) is 68.7 Å². The van der Waals surface area contributed by atoms with Crippen LogP contribution in [0.4, 0.5) is 0 Å². The molecule has 0 bridgehead atoms. The highest BCUT2D eigenvalue weighted by Crippen LogP contribution is 2.21. The third-order valence-corrected chi connectivity index (χ3v) is 4.24. The molecule has 3 aromatic heterocycles. The van der Waals surface area contributed by atoms with Crippen molar-refractivity contribution in [2.45, 2.75) is 19.5 Å². The largest absolute Gasteiger partial charge is 0.337 e. The predicted molar refractivity (Wildman–Crippen MR) is 86.3 cm³/mol. The number of fused-ring (bicyclic) bond motifs is 1. The number of rotatable bonds is 3. The smallest absolute Gasteiger partial charge is 0.159 e. The molecule has 0 spiro atoms. The molecule has 6 heteroatoms. The van der Waals surface area contributed by atoms with E-state index in [-0.39, 0.29) is 0 Å². The summed E-state index contributed by atoms with van der Waals surface area (Å²) >= 11 is 0. The van der Waals surface area contributed by atoms with Crippen LogP contribution < -0.4 is 0 Å². The third-order valence-electron chi connectivity index (χ3n) is 4.24. The Labute approximate surface area is 134 Å². The summed E-state index contributed by atoms with van der Waals surface area (Å²) in [5.41, 5.74) is 3.38. The van der Waals surface area contributed by atoms with Crippen molar-refractivity contribution in [1.82, 2.24) is 29.4 Å². The Hall–Kier alpha value is -2.60. The SMILES string of the molecule is Cn1ccnc1CN1CCc2nc(-c3ccncc3)ncc2C1. The molecule has 0 N–H and O–H groups in total. The van der Waals surface area contributed by atoms with E-state index in [0.717, 1.165) is 49.0 Å². The molecule has 0 aliphatic carbocycles. The van der Waals surface area contributed by atoms with Gasteiger partial charge in [-0.3, -0.25) is 9.88 Å². The second kappa shape index (κ2) is 5.89. The zero-order valence-electron chi connectivity index (χ0n) is 13.1. The van der Waals surface area contributed by atoms with Gasteiger partial charge in [-0.1, -0.05) is 0 Å². The molecular formula is C17H18N6. The Bertz CT molecular complexity index is 811. The van der Waals surface area contributed by atoms with E-state index in [1.54, 1.807) is 12.4 Å². The minimum atomic E-state index is 0.781. The first kappa shape index (κ1) is 14.0. The molecule has 0 unspecified atom stereocenters. The Kier molecular flexibility index (Phi) is 3.59. The molecule has 1 aliphatic heterocycles. The third kappa shape index (κ3) is 2.85. The number of hydrogen-bond acceptors (Lipinski definition) is 5. The Morgan fingerprint density at radius 2 is 2.00 bits per heavy atom. The van der Waals surface area contributed by atoms with Gasteiger partial charge in [0.15, 0.2) is 5.82 Å². The Balaban J connectivity index is 1.53. The summed E-state index contributed by atoms with van der Waals surface area (Å²) in [4.78, 5) is 20.1. The van der Waals surface area contributed by atoms with Gasteiger partial charge in [0.1, 0.15) is 5.82 Å². The molecule has 3 aromatic rings. The van der Waals surface area contributed by atoms with Crippen LogP contribution in [0.25, 0.3) is 11.4 Å². The van der Waals surface area contributed by atoms with Crippen molar-refractivity contribution in [2.75, 3.05) is 6.54 Å². The van der Waals surface area contributed by atoms with Crippen molar-refractivity contribution in [3.8, 4) is 11.4 Å². The molecule has 6 nitrogen and oxygen atoms in total. The molecule has 23 heavy (non-hydrogen) atoms. The second-order valence-electron chi connectivity index (χ2n) is 5.82. The molecule has 0 atom stereocenters. The lowest BCUT2D eigenvalue weighted by Crippen LogP contribution is -2.31. The van der Waals surface area contributed by atoms with Crippen LogP contribution >= 0.6 is 0 Å². The number of hydrogen-bond donors (Lipinski definition) is 0. The van der Waals surface area contributed by atoms with Crippen LogP contribution in [0.15, 0.2) is 43.1 Å². The molecule has 0 fully saturated rings. The zero-order chi connectivity index (χ0) is 15.6. The molecule has 1 aliphatic rings. The average Bonchev–Trinajstić information content (AvgIpc) is 3.00. The van der Waals surface area contributed by atoms with Crippen molar-refractivity contribution in [2.24, 2.45) is 7.05 Å². The molecule has 0 radical (unpaired) electrons. The first-order chi connectivity index (χ1) is 11.3. The second-order valence-corrected chi connectivity index (χ2v) is 5.82. The van der Waals surface area contributed by atoms with E-state index in [9.17, 15) is 0 Å². The first-order valence-corrected chi connectivity index (χ1v) is 7.73. The zero-order valence-corrected chi connectivity index (χ0v) is 13.1. The summed E-state index contributed by atoms with van der Waals surface area (Å²) in [5.74, 6) is 1.87. The number of aromatic nitrogens is 5. The van der Waals surface area contributed by atoms with E-state index in [0.29, 0.717) is 0 Å². The van der Waals surface area contributed by atoms with Crippen molar-refractivity contribution in [3.05, 3.63) is 60.2 Å². The summed E-state index contributed by atoms with van der Waals surface area (Å²) < 4.78 is 2.07. The van der Waals surface area contributed by atoms with Crippen LogP contribution in [-0.4, -0.2) is 35.9 Å². The number of pyridine rings is 1. The monoisotopic (exact) mass is 306 g/mol. The van der Waals surface area contributed by atoms with Gasteiger partial charge < -0.3 is 4.57 Å². The summed E-state index contributed by atoms with van der Waals surface area (Å²) in [7, 11) is 2.03. The van der Waals surface area contributed by atoms with E-state index in [1.165, 1.54) is 5.56 Å². The molecular weight excluding hydrogens is 288 g/mol. The minimum Gasteiger partial charge on any atom is -0.337 e. The molecule has 4 heterocycles. The number of imidazole rings is 1. The fourth-order valence-electron chi connectivity index (χ4n) is 2.90. The van der Waals surface area contributed by atoms with E-state index in [2.05, 4.69) is 24.4 Å². The van der Waals surface area contributed by atoms with Gasteiger partial charge >= 0.3 is 0 Å². The van der Waals surface area contributed by atoms with Crippen molar-refractivity contribution < 1.29 is 0 Å². The molecule has 116 valence electrons. The lowest BCUT2D eigenvalue weighted by atomic mass is 10.1. The maximum absolute atomic E-state index is 4.75. The van der Waals surface area contributed by atoms with Gasteiger partial charge in [0.25, 0.3) is 0 Å². The lowest BCUT2D eigenvalue weighted by molar-refractivity contribution is 0.234. The molecule has 4 rings (SSSR count). The molecule has 0 aromatic carbocycles. The standard InChI is InChI=1S/C17H18N6/c1-22-9-7-19-16(22)12-23-8-4-15-14(11-23)10-20-17(21-15)13-2-5-18-6-3-13/h2-3,5-7,9-10H,4,8,11-12H2,1H3. The molecule has 0 amide bonds. The number of nitrogens with zero attached hydrogens (tertiary/aromatic N) is 6. The summed E-state index contributed by atoms with van der Waals surface area (Å²) in [5, 5.41) is 0. The molecule has 0 saturated heterocycles. The van der Waals surface area contributed by atoms with Gasteiger partial charge in [-0.25, -0.2) is 15.0 Å². The van der Waals surface area contributed by atoms with Crippen LogP contribution in [0.2, 0.25) is 0 Å². The minimum absolute atomic E-state index is 0.781. The van der Waals surface area contributed by atoms with E-state index >= 15 is 0 Å². The first-order valence-electron chi connectivity index (χ1n) is 7.73. The summed E-state index contributed by atoms with van der Waals surface area (Å²) in [6.45, 7) is 2.72. The van der Waals surface area contributed by atoms with Crippen molar-refractivity contribution in [3.63, 3.8) is 0 Å². The van der Waals surface area contributed by atoms with E-state index < -0.39 is 0 Å². The highest BCUT2D eigenvalue weighted by Gasteiger charge is 2.19. The van der Waals surface area contributed by atoms with E-state index in [4.69, 9.17) is 4.98 Å². The Morgan fingerprint density at radius 1 is 1.13 bits per heavy atom. The van der Waals surface area contributed by atoms with Crippen LogP contribution in [0.3, 0.4) is 0 Å². The normalized spacial score (nSPS) is 14.7. The van der Waals surface area contributed by atoms with E-state index in [1.807, 2.05) is 37.8 Å². The van der Waals surface area contributed by atoms with Crippen LogP contribution in [0.5, 0.6) is 0 Å². The summed E-state index contributed by atoms with van der Waals surface area (Å²) in [6.07, 6.45) is 10.3. The topological polar surface area (TPSA) is 59.7 Å². The predicted octanol–water partition coefficient (Wildman–Crippen LogP) is 1.83. The maximum Gasteiger partial charge on any atom is 0.159 e. The lowest BCUT2D eigenvalue weighted by Gasteiger charge is -2.27. The van der Waals surface area contributed by atoms with Gasteiger partial charge in [-0.05, 0) is 12.1 Å². The van der Waals surface area contributed by atoms with Crippen LogP contribution in [0, 0.1) is 0 Å². The fourth-order valence-corrected chi connectivity index (χ4v) is 2.90. The van der Waals surface area contributed by atoms with Gasteiger partial charge in [-0.15, -0.1) is 0 Å². The number of aryl methyl sites for hydroxylation is 1. The van der Waals surface area contributed by atoms with Gasteiger partial charge in [0.2, 0.25) is 0 Å². The van der Waals surface area contributed by atoms with Gasteiger partial charge in [0.05, 0.1) is 12.2 Å². The highest BCUT2D eigenvalue weighted by molar-refractivity contribution is 5.54. The maximum atomic E-state index is 4.75. The summed E-state index contributed by atoms with van der Waals surface area (Å²) in [6, 6.07) is 3.88. The van der Waals surface area contributed by atoms with Crippen LogP contribution in [-0.2, 0) is 26.6 Å². The molecule has 0 saturated carbocycles. The highest BCUT2D eigenvalue weighted by atomic mass is 15.2. The van der Waals surface area contributed by atoms with Crippen LogP contribution in [0.1, 0.15) is 17.1 Å². The van der Waals surface area contributed by atoms with Crippen molar-refractivity contribution >= 4 is 0 Å². The fraction of sp³-hybridized carbons (Fsp3) is 0.294. The van der Waals surface area contributed by atoms with Crippen molar-refractivity contribution in [1.29, 1.82) is 0 Å². The quantitative estimate of drug-likeness (QED) is 0.739. The Morgan fingerprint density at radius 3 is 2.78 bits per heavy atom.